The lowest BCUT2D eigenvalue weighted by molar-refractivity contribution is 0.0956. The van der Waals surface area contributed by atoms with Crippen LogP contribution < -0.4 is 20.1 Å². The van der Waals surface area contributed by atoms with Gasteiger partial charge in [0, 0.05) is 43.5 Å². The Morgan fingerprint density at radius 3 is 2.85 bits per heavy atom. The van der Waals surface area contributed by atoms with Gasteiger partial charge in [-0.05, 0) is 25.3 Å². The fourth-order valence-corrected chi connectivity index (χ4v) is 3.61. The summed E-state index contributed by atoms with van der Waals surface area (Å²) in [5.74, 6) is 1.36. The first-order valence-corrected chi connectivity index (χ1v) is 8.79. The first-order valence-electron chi connectivity index (χ1n) is 8.79. The van der Waals surface area contributed by atoms with Crippen LogP contribution in [0.2, 0.25) is 0 Å². The van der Waals surface area contributed by atoms with E-state index in [9.17, 15) is 4.79 Å². The number of methoxy groups -OCH3 is 2. The van der Waals surface area contributed by atoms with Gasteiger partial charge in [-0.15, -0.1) is 0 Å². The van der Waals surface area contributed by atoms with Gasteiger partial charge in [0.1, 0.15) is 0 Å². The number of nitrogens with one attached hydrogen (secondary N) is 2. The summed E-state index contributed by atoms with van der Waals surface area (Å²) in [6, 6.07) is 6.16. The number of aromatic nitrogens is 2. The smallest absolute Gasteiger partial charge is 0.271 e. The lowest BCUT2D eigenvalue weighted by atomic mass is 9.91. The van der Waals surface area contributed by atoms with Gasteiger partial charge in [-0.1, -0.05) is 12.1 Å². The fraction of sp³-hybridized carbons (Fsp3) is 0.474. The molecule has 0 radical (unpaired) electrons. The van der Waals surface area contributed by atoms with Crippen LogP contribution in [0.15, 0.2) is 18.2 Å². The van der Waals surface area contributed by atoms with E-state index in [2.05, 4.69) is 15.7 Å². The molecule has 1 unspecified atom stereocenters. The van der Waals surface area contributed by atoms with Crippen molar-refractivity contribution in [3.8, 4) is 11.5 Å². The van der Waals surface area contributed by atoms with Crippen LogP contribution in [0.1, 0.15) is 33.7 Å². The van der Waals surface area contributed by atoms with Crippen LogP contribution in [0.3, 0.4) is 0 Å². The van der Waals surface area contributed by atoms with Crippen LogP contribution in [0.25, 0.3) is 0 Å². The molecule has 0 aliphatic heterocycles. The Kier molecular flexibility index (Phi) is 5.46. The molecule has 26 heavy (non-hydrogen) atoms. The molecule has 0 bridgehead atoms. The van der Waals surface area contributed by atoms with E-state index in [1.54, 1.807) is 21.3 Å². The highest BCUT2D eigenvalue weighted by Crippen LogP contribution is 2.31. The van der Waals surface area contributed by atoms with Crippen molar-refractivity contribution < 1.29 is 14.3 Å². The molecular weight excluding hydrogens is 332 g/mol. The van der Waals surface area contributed by atoms with Gasteiger partial charge < -0.3 is 20.1 Å². The molecule has 3 rings (SSSR count). The van der Waals surface area contributed by atoms with Crippen molar-refractivity contribution in [2.75, 3.05) is 21.3 Å². The highest BCUT2D eigenvalue weighted by Gasteiger charge is 2.28. The zero-order valence-electron chi connectivity index (χ0n) is 15.8. The number of para-hydroxylation sites is 1. The van der Waals surface area contributed by atoms with Gasteiger partial charge in [-0.3, -0.25) is 9.48 Å². The van der Waals surface area contributed by atoms with Crippen molar-refractivity contribution in [3.05, 3.63) is 40.7 Å². The number of hydrogen-bond acceptors (Lipinski definition) is 5. The SMILES string of the molecule is CNC(=O)c1nn(C)c2c1CC(NCc1cccc(OC)c1OC)CC2. The van der Waals surface area contributed by atoms with Crippen LogP contribution in [0, 0.1) is 0 Å². The molecule has 2 N–H and O–H groups in total. The third-order valence-corrected chi connectivity index (χ3v) is 4.96. The molecule has 1 aliphatic rings. The van der Waals surface area contributed by atoms with Crippen LogP contribution in [-0.2, 0) is 26.4 Å². The third kappa shape index (κ3) is 3.39. The van der Waals surface area contributed by atoms with Crippen LogP contribution in [-0.4, -0.2) is 43.0 Å². The molecule has 0 spiro atoms. The minimum absolute atomic E-state index is 0.128. The molecule has 1 atom stereocenters. The predicted molar refractivity (Wildman–Crippen MR) is 98.8 cm³/mol. The second kappa shape index (κ2) is 7.78. The lowest BCUT2D eigenvalue weighted by Crippen LogP contribution is -2.35. The normalized spacial score (nSPS) is 16.1. The summed E-state index contributed by atoms with van der Waals surface area (Å²) >= 11 is 0. The molecule has 1 heterocycles. The quantitative estimate of drug-likeness (QED) is 0.817. The summed E-state index contributed by atoms with van der Waals surface area (Å²) in [5.41, 5.74) is 3.79. The Bertz CT molecular complexity index is 800. The molecule has 140 valence electrons. The van der Waals surface area contributed by atoms with E-state index in [1.165, 1.54) is 0 Å². The Morgan fingerprint density at radius 2 is 2.15 bits per heavy atom. The number of hydrogen-bond donors (Lipinski definition) is 2. The minimum atomic E-state index is -0.128. The zero-order valence-corrected chi connectivity index (χ0v) is 15.8. The predicted octanol–water partition coefficient (Wildman–Crippen LogP) is 1.44. The fourth-order valence-electron chi connectivity index (χ4n) is 3.61. The van der Waals surface area contributed by atoms with Gasteiger partial charge in [-0.25, -0.2) is 0 Å². The molecule has 1 aromatic heterocycles. The molecule has 1 aliphatic carbocycles. The molecule has 7 heteroatoms. The van der Waals surface area contributed by atoms with Gasteiger partial charge in [0.15, 0.2) is 17.2 Å². The Labute approximate surface area is 153 Å². The number of rotatable bonds is 6. The first kappa shape index (κ1) is 18.3. The summed E-state index contributed by atoms with van der Waals surface area (Å²) in [6.07, 6.45) is 2.70. The van der Waals surface area contributed by atoms with Gasteiger partial charge in [0.05, 0.1) is 14.2 Å². The summed E-state index contributed by atoms with van der Waals surface area (Å²) < 4.78 is 12.7. The van der Waals surface area contributed by atoms with Crippen molar-refractivity contribution >= 4 is 5.91 Å². The number of carbonyl (C=O) groups is 1. The number of ether oxygens (including phenoxy) is 2. The standard InChI is InChI=1S/C19H26N4O3/c1-20-19(24)17-14-10-13(8-9-15(14)23(2)22-17)21-11-12-6-5-7-16(25-3)18(12)26-4/h5-7,13,21H,8-11H2,1-4H3,(H,20,24). The van der Waals surface area contributed by atoms with Crippen LogP contribution in [0.5, 0.6) is 11.5 Å². The molecule has 7 nitrogen and oxygen atoms in total. The summed E-state index contributed by atoms with van der Waals surface area (Å²) in [5, 5.41) is 10.7. The average Bonchev–Trinajstić information content (AvgIpc) is 3.01. The molecular formula is C19H26N4O3. The number of aryl methyl sites for hydroxylation is 1. The largest absolute Gasteiger partial charge is 0.493 e. The maximum atomic E-state index is 12.1. The maximum Gasteiger partial charge on any atom is 0.271 e. The number of fused-ring (bicyclic) bond motifs is 1. The number of carbonyl (C=O) groups excluding carboxylic acids is 1. The van der Waals surface area contributed by atoms with E-state index in [0.717, 1.165) is 47.6 Å². The number of nitrogens with zero attached hydrogens (tertiary/aromatic N) is 2. The van der Waals surface area contributed by atoms with E-state index in [4.69, 9.17) is 9.47 Å². The van der Waals surface area contributed by atoms with Gasteiger partial charge in [-0.2, -0.15) is 5.10 Å². The van der Waals surface area contributed by atoms with Crippen molar-refractivity contribution in [1.29, 1.82) is 0 Å². The number of benzene rings is 1. The maximum absolute atomic E-state index is 12.1. The van der Waals surface area contributed by atoms with Gasteiger partial charge in [0.25, 0.3) is 5.91 Å². The summed E-state index contributed by atoms with van der Waals surface area (Å²) in [7, 11) is 6.83. The highest BCUT2D eigenvalue weighted by molar-refractivity contribution is 5.93. The van der Waals surface area contributed by atoms with Crippen molar-refractivity contribution in [2.45, 2.75) is 31.8 Å². The molecule has 1 aromatic carbocycles. The van der Waals surface area contributed by atoms with E-state index >= 15 is 0 Å². The van der Waals surface area contributed by atoms with Crippen LogP contribution in [0.4, 0.5) is 0 Å². The lowest BCUT2D eigenvalue weighted by Gasteiger charge is -2.25. The molecule has 1 amide bonds. The van der Waals surface area contributed by atoms with Crippen molar-refractivity contribution in [3.63, 3.8) is 0 Å². The second-order valence-electron chi connectivity index (χ2n) is 6.45. The Balaban J connectivity index is 1.74. The highest BCUT2D eigenvalue weighted by atomic mass is 16.5. The first-order chi connectivity index (χ1) is 12.6. The van der Waals surface area contributed by atoms with E-state index in [1.807, 2.05) is 29.9 Å². The zero-order chi connectivity index (χ0) is 18.7. The third-order valence-electron chi connectivity index (χ3n) is 4.96. The van der Waals surface area contributed by atoms with E-state index < -0.39 is 0 Å². The topological polar surface area (TPSA) is 77.4 Å². The second-order valence-corrected chi connectivity index (χ2v) is 6.45. The monoisotopic (exact) mass is 358 g/mol. The molecule has 0 saturated carbocycles. The van der Waals surface area contributed by atoms with E-state index in [0.29, 0.717) is 12.2 Å². The van der Waals surface area contributed by atoms with Crippen molar-refractivity contribution in [2.24, 2.45) is 7.05 Å². The number of amides is 1. The van der Waals surface area contributed by atoms with Gasteiger partial charge in [0.2, 0.25) is 0 Å². The Morgan fingerprint density at radius 1 is 1.35 bits per heavy atom. The molecule has 0 fully saturated rings. The van der Waals surface area contributed by atoms with E-state index in [-0.39, 0.29) is 11.9 Å². The summed E-state index contributed by atoms with van der Waals surface area (Å²) in [4.78, 5) is 12.1. The van der Waals surface area contributed by atoms with Crippen molar-refractivity contribution in [1.82, 2.24) is 20.4 Å². The summed E-state index contributed by atoms with van der Waals surface area (Å²) in [6.45, 7) is 0.677. The molecule has 2 aromatic rings. The average molecular weight is 358 g/mol. The van der Waals surface area contributed by atoms with Crippen LogP contribution >= 0.6 is 0 Å². The minimum Gasteiger partial charge on any atom is -0.493 e. The Hall–Kier alpha value is -2.54. The molecule has 0 saturated heterocycles. The van der Waals surface area contributed by atoms with Gasteiger partial charge >= 0.3 is 0 Å².